The molecule has 1 aromatic heterocycles. The van der Waals surface area contributed by atoms with E-state index in [0.29, 0.717) is 6.04 Å². The molecule has 3 nitrogen and oxygen atoms in total. The average molecular weight is 286 g/mol. The van der Waals surface area contributed by atoms with Crippen molar-refractivity contribution in [2.45, 2.75) is 67.0 Å². The number of nitrogens with zero attached hydrogens (tertiary/aromatic N) is 2. The largest absolute Gasteiger partial charge is 0.313 e. The van der Waals surface area contributed by atoms with E-state index in [2.05, 4.69) is 45.0 Å². The van der Waals surface area contributed by atoms with Gasteiger partial charge in [-0.05, 0) is 32.2 Å². The molecule has 1 atom stereocenters. The van der Waals surface area contributed by atoms with Gasteiger partial charge >= 0.3 is 0 Å². The summed E-state index contributed by atoms with van der Waals surface area (Å²) in [5.41, 5.74) is 2.34. The number of likely N-dealkylation sites (N-methyl/N-ethyl adjacent to an activating group) is 1. The highest BCUT2D eigenvalue weighted by atomic mass is 35.5. The molecule has 1 unspecified atom stereocenters. The lowest BCUT2D eigenvalue weighted by Crippen LogP contribution is -2.43. The van der Waals surface area contributed by atoms with Crippen LogP contribution in [0.15, 0.2) is 0 Å². The van der Waals surface area contributed by atoms with E-state index in [1.807, 2.05) is 11.6 Å². The highest BCUT2D eigenvalue weighted by Crippen LogP contribution is 2.30. The zero-order chi connectivity index (χ0) is 14.6. The predicted octanol–water partition coefficient (Wildman–Crippen LogP) is 3.82. The van der Waals surface area contributed by atoms with Crippen LogP contribution < -0.4 is 5.32 Å². The summed E-state index contributed by atoms with van der Waals surface area (Å²) in [7, 11) is 0. The fourth-order valence-corrected chi connectivity index (χ4v) is 2.59. The second-order valence-electron chi connectivity index (χ2n) is 5.82. The van der Waals surface area contributed by atoms with E-state index in [1.165, 1.54) is 0 Å². The van der Waals surface area contributed by atoms with E-state index in [9.17, 15) is 0 Å². The number of aromatic nitrogens is 2. The molecule has 1 aromatic rings. The predicted molar refractivity (Wildman–Crippen MR) is 82.9 cm³/mol. The average Bonchev–Trinajstić information content (AvgIpc) is 2.65. The molecule has 1 rings (SSSR count). The van der Waals surface area contributed by atoms with Crippen molar-refractivity contribution >= 4 is 11.6 Å². The quantitative estimate of drug-likeness (QED) is 0.825. The van der Waals surface area contributed by atoms with Crippen LogP contribution in [0, 0.1) is 12.3 Å². The molecule has 0 saturated heterocycles. The highest BCUT2D eigenvalue weighted by Gasteiger charge is 2.29. The molecule has 19 heavy (non-hydrogen) atoms. The summed E-state index contributed by atoms with van der Waals surface area (Å²) < 4.78 is 2.04. The van der Waals surface area contributed by atoms with Crippen molar-refractivity contribution in [1.29, 1.82) is 0 Å². The van der Waals surface area contributed by atoms with Gasteiger partial charge in [0, 0.05) is 19.0 Å². The van der Waals surface area contributed by atoms with Gasteiger partial charge in [-0.25, -0.2) is 0 Å². The third-order valence-electron chi connectivity index (χ3n) is 4.16. The molecule has 0 fully saturated rings. The van der Waals surface area contributed by atoms with E-state index in [4.69, 9.17) is 11.6 Å². The topological polar surface area (TPSA) is 29.9 Å². The molecule has 0 aromatic carbocycles. The Bertz CT molecular complexity index is 410. The first kappa shape index (κ1) is 16.5. The normalized spacial score (nSPS) is 13.8. The van der Waals surface area contributed by atoms with Crippen LogP contribution in [0.4, 0.5) is 0 Å². The van der Waals surface area contributed by atoms with Crippen molar-refractivity contribution in [3.8, 4) is 0 Å². The molecule has 0 aliphatic heterocycles. The maximum atomic E-state index is 6.42. The lowest BCUT2D eigenvalue weighted by Gasteiger charge is -2.34. The van der Waals surface area contributed by atoms with Gasteiger partial charge in [-0.3, -0.25) is 4.68 Å². The number of nitrogens with one attached hydrogen (secondary N) is 1. The van der Waals surface area contributed by atoms with Gasteiger partial charge in [-0.1, -0.05) is 39.3 Å². The van der Waals surface area contributed by atoms with Crippen LogP contribution in [0.2, 0.25) is 5.02 Å². The number of hydrogen-bond donors (Lipinski definition) is 1. The van der Waals surface area contributed by atoms with E-state index in [-0.39, 0.29) is 5.41 Å². The summed E-state index contributed by atoms with van der Waals surface area (Å²) in [5.74, 6) is 0. The van der Waals surface area contributed by atoms with Crippen LogP contribution in [0.1, 0.15) is 52.4 Å². The molecular formula is C15H28ClN3. The van der Waals surface area contributed by atoms with Gasteiger partial charge in [0.15, 0.2) is 0 Å². The molecule has 1 heterocycles. The second kappa shape index (κ2) is 6.76. The Balaban J connectivity index is 3.03. The Morgan fingerprint density at radius 2 is 1.95 bits per heavy atom. The van der Waals surface area contributed by atoms with Crippen molar-refractivity contribution < 1.29 is 0 Å². The summed E-state index contributed by atoms with van der Waals surface area (Å²) in [4.78, 5) is 0. The fraction of sp³-hybridized carbons (Fsp3) is 0.800. The molecule has 0 aliphatic carbocycles. The molecule has 4 heteroatoms. The lowest BCUT2D eigenvalue weighted by atomic mass is 9.79. The minimum Gasteiger partial charge on any atom is -0.313 e. The molecule has 0 bridgehead atoms. The third-order valence-corrected chi connectivity index (χ3v) is 4.65. The summed E-state index contributed by atoms with van der Waals surface area (Å²) in [6, 6.07) is 0.418. The highest BCUT2D eigenvalue weighted by molar-refractivity contribution is 6.31. The number of hydrogen-bond acceptors (Lipinski definition) is 2. The molecule has 1 N–H and O–H groups in total. The molecule has 0 spiro atoms. The molecule has 0 saturated carbocycles. The van der Waals surface area contributed by atoms with Crippen molar-refractivity contribution in [2.75, 3.05) is 6.54 Å². The number of rotatable bonds is 7. The molecular weight excluding hydrogens is 258 g/mol. The smallest absolute Gasteiger partial charge is 0.0847 e. The van der Waals surface area contributed by atoms with Crippen molar-refractivity contribution in [3.05, 3.63) is 16.4 Å². The van der Waals surface area contributed by atoms with Gasteiger partial charge in [0.2, 0.25) is 0 Å². The van der Waals surface area contributed by atoms with Gasteiger partial charge in [-0.15, -0.1) is 0 Å². The summed E-state index contributed by atoms with van der Waals surface area (Å²) in [6.07, 6.45) is 2.07. The lowest BCUT2D eigenvalue weighted by molar-refractivity contribution is 0.229. The minimum atomic E-state index is 0.246. The molecule has 0 amide bonds. The summed E-state index contributed by atoms with van der Waals surface area (Å²) in [6.45, 7) is 15.0. The van der Waals surface area contributed by atoms with Gasteiger partial charge in [0.1, 0.15) is 0 Å². The SMILES string of the molecule is CCNC(Cc1c(Cl)c(C)nn1CC)C(C)(C)CC. The third kappa shape index (κ3) is 3.73. The van der Waals surface area contributed by atoms with Gasteiger partial charge < -0.3 is 5.32 Å². The zero-order valence-corrected chi connectivity index (χ0v) is 13.9. The Labute approximate surface area is 122 Å². The van der Waals surface area contributed by atoms with Gasteiger partial charge in [0.25, 0.3) is 0 Å². The van der Waals surface area contributed by atoms with E-state index in [0.717, 1.165) is 42.3 Å². The van der Waals surface area contributed by atoms with Crippen LogP contribution in [0.5, 0.6) is 0 Å². The van der Waals surface area contributed by atoms with Crippen LogP contribution in [-0.2, 0) is 13.0 Å². The number of halogens is 1. The monoisotopic (exact) mass is 285 g/mol. The van der Waals surface area contributed by atoms with Crippen LogP contribution in [-0.4, -0.2) is 22.4 Å². The van der Waals surface area contributed by atoms with E-state index in [1.54, 1.807) is 0 Å². The Hall–Kier alpha value is -0.540. The minimum absolute atomic E-state index is 0.246. The Morgan fingerprint density at radius 3 is 2.42 bits per heavy atom. The van der Waals surface area contributed by atoms with Crippen LogP contribution in [0.25, 0.3) is 0 Å². The standard InChI is InChI=1S/C15H28ClN3/c1-7-15(5,6)13(17-8-2)10-12-14(16)11(4)18-19(12)9-3/h13,17H,7-10H2,1-6H3. The first-order valence-corrected chi connectivity index (χ1v) is 7.70. The van der Waals surface area contributed by atoms with Crippen molar-refractivity contribution in [3.63, 3.8) is 0 Å². The van der Waals surface area contributed by atoms with E-state index < -0.39 is 0 Å². The fourth-order valence-electron chi connectivity index (χ4n) is 2.37. The first-order chi connectivity index (χ1) is 8.87. The molecule has 0 aliphatic rings. The van der Waals surface area contributed by atoms with Gasteiger partial charge in [0.05, 0.1) is 16.4 Å². The summed E-state index contributed by atoms with van der Waals surface area (Å²) >= 11 is 6.42. The maximum Gasteiger partial charge on any atom is 0.0847 e. The first-order valence-electron chi connectivity index (χ1n) is 7.32. The molecule has 110 valence electrons. The van der Waals surface area contributed by atoms with Crippen LogP contribution >= 0.6 is 11.6 Å². The van der Waals surface area contributed by atoms with Gasteiger partial charge in [-0.2, -0.15) is 5.10 Å². The maximum absolute atomic E-state index is 6.42. The Kier molecular flexibility index (Phi) is 5.87. The van der Waals surface area contributed by atoms with E-state index >= 15 is 0 Å². The van der Waals surface area contributed by atoms with Crippen molar-refractivity contribution in [2.24, 2.45) is 5.41 Å². The number of aryl methyl sites for hydroxylation is 2. The summed E-state index contributed by atoms with van der Waals surface area (Å²) in [5, 5.41) is 8.95. The zero-order valence-electron chi connectivity index (χ0n) is 13.2. The van der Waals surface area contributed by atoms with Crippen molar-refractivity contribution in [1.82, 2.24) is 15.1 Å². The molecule has 0 radical (unpaired) electrons. The van der Waals surface area contributed by atoms with Crippen LogP contribution in [0.3, 0.4) is 0 Å². The Morgan fingerprint density at radius 1 is 1.32 bits per heavy atom. The second-order valence-corrected chi connectivity index (χ2v) is 6.20.